The fourth-order valence-electron chi connectivity index (χ4n) is 2.05. The number of benzene rings is 1. The van der Waals surface area contributed by atoms with Crippen LogP contribution in [0.25, 0.3) is 10.9 Å². The number of pyridine rings is 1. The molecule has 3 N–H and O–H groups in total. The monoisotopic (exact) mass is 297 g/mol. The first-order valence-corrected chi connectivity index (χ1v) is 6.73. The van der Waals surface area contributed by atoms with Gasteiger partial charge in [-0.1, -0.05) is 30.3 Å². The van der Waals surface area contributed by atoms with Crippen molar-refractivity contribution in [3.63, 3.8) is 0 Å². The van der Waals surface area contributed by atoms with Crippen LogP contribution in [-0.4, -0.2) is 28.3 Å². The highest BCUT2D eigenvalue weighted by atomic mass is 16.5. The Bertz CT molecular complexity index is 785. The van der Waals surface area contributed by atoms with E-state index in [0.29, 0.717) is 18.2 Å². The molecule has 0 atom stereocenters. The first-order valence-electron chi connectivity index (χ1n) is 6.73. The molecule has 0 aliphatic heterocycles. The summed E-state index contributed by atoms with van der Waals surface area (Å²) in [5.41, 5.74) is 1.77. The maximum Gasteiger partial charge on any atom is 0.320 e. The average Bonchev–Trinajstić information content (AvgIpc) is 2.96. The number of aromatic amines is 1. The van der Waals surface area contributed by atoms with Crippen LogP contribution in [-0.2, 0) is 6.54 Å². The second-order valence-corrected chi connectivity index (χ2v) is 4.64. The van der Waals surface area contributed by atoms with Gasteiger partial charge in [0, 0.05) is 18.8 Å². The highest BCUT2D eigenvalue weighted by molar-refractivity contribution is 5.91. The molecule has 22 heavy (non-hydrogen) atoms. The molecule has 2 heterocycles. The molecule has 0 bridgehead atoms. The molecule has 0 spiro atoms. The van der Waals surface area contributed by atoms with Gasteiger partial charge in [0.1, 0.15) is 5.82 Å². The normalized spacial score (nSPS) is 10.4. The molecule has 0 aliphatic carbocycles. The van der Waals surface area contributed by atoms with Crippen molar-refractivity contribution in [1.82, 2.24) is 20.5 Å². The molecule has 0 aliphatic rings. The van der Waals surface area contributed by atoms with Gasteiger partial charge in [-0.2, -0.15) is 0 Å². The first kappa shape index (κ1) is 13.9. The Morgan fingerprint density at radius 2 is 2.14 bits per heavy atom. The van der Waals surface area contributed by atoms with E-state index in [1.165, 1.54) is 0 Å². The summed E-state index contributed by atoms with van der Waals surface area (Å²) in [7, 11) is 1.54. The fraction of sp³-hybridized carbons (Fsp3) is 0.133. The zero-order valence-electron chi connectivity index (χ0n) is 12.0. The van der Waals surface area contributed by atoms with E-state index < -0.39 is 0 Å². The maximum absolute atomic E-state index is 11.9. The number of methoxy groups -OCH3 is 1. The number of nitrogens with one attached hydrogen (secondary N) is 3. The largest absolute Gasteiger partial charge is 0.479 e. The Morgan fingerprint density at radius 1 is 1.32 bits per heavy atom. The maximum atomic E-state index is 11.9. The summed E-state index contributed by atoms with van der Waals surface area (Å²) in [5, 5.41) is 13.0. The molecule has 0 unspecified atom stereocenters. The second-order valence-electron chi connectivity index (χ2n) is 4.64. The molecule has 3 aromatic rings. The van der Waals surface area contributed by atoms with Crippen LogP contribution in [0.1, 0.15) is 5.56 Å². The SMILES string of the molecule is COc1n[nH]c2cc(NC(=O)NCc3ccccc3)ncc12. The van der Waals surface area contributed by atoms with Gasteiger partial charge in [0.2, 0.25) is 5.88 Å². The Labute approximate surface area is 126 Å². The predicted octanol–water partition coefficient (Wildman–Crippen LogP) is 2.29. The Balaban J connectivity index is 1.64. The third-order valence-electron chi connectivity index (χ3n) is 3.14. The summed E-state index contributed by atoms with van der Waals surface area (Å²) in [6.45, 7) is 0.451. The van der Waals surface area contributed by atoms with Crippen molar-refractivity contribution in [3.05, 3.63) is 48.2 Å². The Kier molecular flexibility index (Phi) is 3.86. The molecule has 1 aromatic carbocycles. The predicted molar refractivity (Wildman–Crippen MR) is 82.7 cm³/mol. The van der Waals surface area contributed by atoms with Gasteiger partial charge in [-0.05, 0) is 5.56 Å². The lowest BCUT2D eigenvalue weighted by Crippen LogP contribution is -2.28. The van der Waals surface area contributed by atoms with Gasteiger partial charge < -0.3 is 10.1 Å². The molecule has 112 valence electrons. The molecule has 2 amide bonds. The lowest BCUT2D eigenvalue weighted by atomic mass is 10.2. The van der Waals surface area contributed by atoms with Gasteiger partial charge in [-0.3, -0.25) is 10.4 Å². The van der Waals surface area contributed by atoms with Crippen molar-refractivity contribution in [2.45, 2.75) is 6.54 Å². The summed E-state index contributed by atoms with van der Waals surface area (Å²) < 4.78 is 5.09. The number of hydrogen-bond acceptors (Lipinski definition) is 4. The number of nitrogens with zero attached hydrogens (tertiary/aromatic N) is 2. The van der Waals surface area contributed by atoms with Crippen LogP contribution in [0.4, 0.5) is 10.6 Å². The molecule has 0 saturated carbocycles. The molecule has 7 heteroatoms. The Morgan fingerprint density at radius 3 is 2.91 bits per heavy atom. The van der Waals surface area contributed by atoms with Crippen molar-refractivity contribution in [2.75, 3.05) is 12.4 Å². The van der Waals surface area contributed by atoms with Crippen LogP contribution >= 0.6 is 0 Å². The number of rotatable bonds is 4. The van der Waals surface area contributed by atoms with Crippen molar-refractivity contribution in [2.24, 2.45) is 0 Å². The second kappa shape index (κ2) is 6.13. The van der Waals surface area contributed by atoms with Gasteiger partial charge in [0.05, 0.1) is 18.0 Å². The van der Waals surface area contributed by atoms with Crippen LogP contribution < -0.4 is 15.4 Å². The summed E-state index contributed by atoms with van der Waals surface area (Å²) in [4.78, 5) is 16.0. The van der Waals surface area contributed by atoms with E-state index in [2.05, 4.69) is 25.8 Å². The van der Waals surface area contributed by atoms with Crippen molar-refractivity contribution in [3.8, 4) is 5.88 Å². The molecule has 0 saturated heterocycles. The van der Waals surface area contributed by atoms with Gasteiger partial charge in [0.15, 0.2) is 0 Å². The van der Waals surface area contributed by atoms with Gasteiger partial charge >= 0.3 is 6.03 Å². The van der Waals surface area contributed by atoms with Crippen LogP contribution in [0.5, 0.6) is 5.88 Å². The molecule has 2 aromatic heterocycles. The molecule has 0 fully saturated rings. The highest BCUT2D eigenvalue weighted by Crippen LogP contribution is 2.22. The molecule has 3 rings (SSSR count). The van der Waals surface area contributed by atoms with Crippen LogP contribution in [0.2, 0.25) is 0 Å². The summed E-state index contributed by atoms with van der Waals surface area (Å²) in [6, 6.07) is 11.1. The molecular weight excluding hydrogens is 282 g/mol. The van der Waals surface area contributed by atoms with E-state index >= 15 is 0 Å². The van der Waals surface area contributed by atoms with E-state index in [1.54, 1.807) is 19.4 Å². The minimum atomic E-state index is -0.317. The number of ether oxygens (including phenoxy) is 1. The van der Waals surface area contributed by atoms with Crippen molar-refractivity contribution >= 4 is 22.8 Å². The van der Waals surface area contributed by atoms with E-state index in [4.69, 9.17) is 4.74 Å². The number of urea groups is 1. The van der Waals surface area contributed by atoms with Gasteiger partial charge in [-0.15, -0.1) is 5.10 Å². The number of amides is 2. The summed E-state index contributed by atoms with van der Waals surface area (Å²) >= 11 is 0. The number of fused-ring (bicyclic) bond motifs is 1. The standard InChI is InChI=1S/C15H15N5O2/c1-22-14-11-9-16-13(7-12(11)19-20-14)18-15(21)17-8-10-5-3-2-4-6-10/h2-7,9H,8H2,1H3,(H,19,20)(H2,16,17,18,21). The minimum absolute atomic E-state index is 0.317. The Hall–Kier alpha value is -3.09. The van der Waals surface area contributed by atoms with E-state index in [9.17, 15) is 4.79 Å². The number of hydrogen-bond donors (Lipinski definition) is 3. The topological polar surface area (TPSA) is 91.9 Å². The number of carbonyl (C=O) groups is 1. The fourth-order valence-corrected chi connectivity index (χ4v) is 2.05. The van der Waals surface area contributed by atoms with Gasteiger partial charge in [-0.25, -0.2) is 9.78 Å². The lowest BCUT2D eigenvalue weighted by Gasteiger charge is -2.07. The quantitative estimate of drug-likeness (QED) is 0.689. The van der Waals surface area contributed by atoms with E-state index in [-0.39, 0.29) is 6.03 Å². The average molecular weight is 297 g/mol. The van der Waals surface area contributed by atoms with Crippen LogP contribution in [0.15, 0.2) is 42.6 Å². The number of aromatic nitrogens is 3. The number of anilines is 1. The summed E-state index contributed by atoms with van der Waals surface area (Å²) in [5.74, 6) is 0.909. The van der Waals surface area contributed by atoms with E-state index in [0.717, 1.165) is 16.5 Å². The minimum Gasteiger partial charge on any atom is -0.479 e. The third kappa shape index (κ3) is 2.98. The van der Waals surface area contributed by atoms with Crippen LogP contribution in [0, 0.1) is 0 Å². The molecule has 7 nitrogen and oxygen atoms in total. The zero-order valence-corrected chi connectivity index (χ0v) is 12.0. The van der Waals surface area contributed by atoms with Gasteiger partial charge in [0.25, 0.3) is 0 Å². The molecule has 0 radical (unpaired) electrons. The first-order chi connectivity index (χ1) is 10.8. The highest BCUT2D eigenvalue weighted by Gasteiger charge is 2.08. The number of H-pyrrole nitrogens is 1. The number of carbonyl (C=O) groups excluding carboxylic acids is 1. The zero-order chi connectivity index (χ0) is 15.4. The third-order valence-corrected chi connectivity index (χ3v) is 3.14. The van der Waals surface area contributed by atoms with Crippen LogP contribution in [0.3, 0.4) is 0 Å². The molecular formula is C15H15N5O2. The smallest absolute Gasteiger partial charge is 0.320 e. The van der Waals surface area contributed by atoms with E-state index in [1.807, 2.05) is 30.3 Å². The lowest BCUT2D eigenvalue weighted by molar-refractivity contribution is 0.251. The van der Waals surface area contributed by atoms with Crippen molar-refractivity contribution in [1.29, 1.82) is 0 Å². The van der Waals surface area contributed by atoms with Crippen molar-refractivity contribution < 1.29 is 9.53 Å². The summed E-state index contributed by atoms with van der Waals surface area (Å²) in [6.07, 6.45) is 1.60.